The molecule has 0 aliphatic rings. The van der Waals surface area contributed by atoms with Crippen LogP contribution in [0.25, 0.3) is 0 Å². The van der Waals surface area contributed by atoms with Crippen molar-refractivity contribution >= 4 is 11.8 Å². The number of carbonyl (C=O) groups excluding carboxylic acids is 2. The lowest BCUT2D eigenvalue weighted by molar-refractivity contribution is -0.139. The summed E-state index contributed by atoms with van der Waals surface area (Å²) in [5.74, 6) is -1.37. The van der Waals surface area contributed by atoms with E-state index in [0.717, 1.165) is 0 Å². The van der Waals surface area contributed by atoms with Gasteiger partial charge >= 0.3 is 5.97 Å². The minimum absolute atomic E-state index is 0.124. The zero-order valence-electron chi connectivity index (χ0n) is 8.21. The average molecular weight is 198 g/mol. The van der Waals surface area contributed by atoms with Gasteiger partial charge in [0.1, 0.15) is 0 Å². The molecular weight excluding hydrogens is 184 g/mol. The van der Waals surface area contributed by atoms with E-state index in [2.05, 4.69) is 13.2 Å². The second-order valence-corrected chi connectivity index (χ2v) is 2.89. The van der Waals surface area contributed by atoms with Crippen molar-refractivity contribution in [1.29, 1.82) is 0 Å². The Kier molecular flexibility index (Phi) is 5.29. The SMILES string of the molecule is C=C(C)C(=O)OCCCC(=O)C(=C)O. The number of allylic oxidation sites excluding steroid dienone is 1. The van der Waals surface area contributed by atoms with Crippen LogP contribution in [0.2, 0.25) is 0 Å². The smallest absolute Gasteiger partial charge is 0.333 e. The number of hydrogen-bond acceptors (Lipinski definition) is 4. The van der Waals surface area contributed by atoms with E-state index in [1.54, 1.807) is 6.92 Å². The first-order valence-corrected chi connectivity index (χ1v) is 4.19. The number of Topliss-reactive ketones (excluding diaryl/α,β-unsaturated/α-hetero) is 1. The maximum absolute atomic E-state index is 10.8. The van der Waals surface area contributed by atoms with Crippen molar-refractivity contribution in [3.8, 4) is 0 Å². The number of esters is 1. The van der Waals surface area contributed by atoms with Crippen LogP contribution in [0.1, 0.15) is 19.8 Å². The Morgan fingerprint density at radius 1 is 1.36 bits per heavy atom. The lowest BCUT2D eigenvalue weighted by Gasteiger charge is -2.02. The van der Waals surface area contributed by atoms with Gasteiger partial charge in [0.05, 0.1) is 6.61 Å². The fourth-order valence-corrected chi connectivity index (χ4v) is 0.665. The Labute approximate surface area is 82.9 Å². The highest BCUT2D eigenvalue weighted by Crippen LogP contribution is 1.99. The van der Waals surface area contributed by atoms with Crippen molar-refractivity contribution in [1.82, 2.24) is 0 Å². The van der Waals surface area contributed by atoms with Crippen molar-refractivity contribution in [2.75, 3.05) is 6.61 Å². The topological polar surface area (TPSA) is 63.6 Å². The summed E-state index contributed by atoms with van der Waals surface area (Å²) in [6.07, 6.45) is 0.496. The van der Waals surface area contributed by atoms with E-state index in [1.807, 2.05) is 0 Å². The van der Waals surface area contributed by atoms with Crippen LogP contribution in [0.4, 0.5) is 0 Å². The van der Waals surface area contributed by atoms with Gasteiger partial charge in [0.15, 0.2) is 11.5 Å². The summed E-state index contributed by atoms with van der Waals surface area (Å²) in [6, 6.07) is 0. The van der Waals surface area contributed by atoms with E-state index in [-0.39, 0.29) is 13.0 Å². The molecule has 14 heavy (non-hydrogen) atoms. The second-order valence-electron chi connectivity index (χ2n) is 2.89. The van der Waals surface area contributed by atoms with E-state index in [9.17, 15) is 9.59 Å². The normalized spacial score (nSPS) is 9.21. The van der Waals surface area contributed by atoms with Gasteiger partial charge < -0.3 is 9.84 Å². The van der Waals surface area contributed by atoms with Crippen molar-refractivity contribution in [3.05, 3.63) is 24.5 Å². The van der Waals surface area contributed by atoms with Crippen LogP contribution in [0.15, 0.2) is 24.5 Å². The first-order valence-electron chi connectivity index (χ1n) is 4.19. The molecule has 1 N–H and O–H groups in total. The number of rotatable bonds is 6. The van der Waals surface area contributed by atoms with Crippen molar-refractivity contribution in [2.45, 2.75) is 19.8 Å². The Bertz CT molecular complexity index is 237. The summed E-state index contributed by atoms with van der Waals surface area (Å²) in [4.78, 5) is 21.7. The summed E-state index contributed by atoms with van der Waals surface area (Å²) in [6.45, 7) is 8.17. The van der Waals surface area contributed by atoms with Gasteiger partial charge in [0.2, 0.25) is 0 Å². The number of hydrogen-bond donors (Lipinski definition) is 1. The molecule has 0 fully saturated rings. The summed E-state index contributed by atoms with van der Waals surface area (Å²) in [7, 11) is 0. The van der Waals surface area contributed by atoms with Gasteiger partial charge in [0, 0.05) is 12.0 Å². The van der Waals surface area contributed by atoms with Crippen LogP contribution in [0.5, 0.6) is 0 Å². The fraction of sp³-hybridized carbons (Fsp3) is 0.400. The maximum Gasteiger partial charge on any atom is 0.333 e. The highest BCUT2D eigenvalue weighted by Gasteiger charge is 2.06. The zero-order chi connectivity index (χ0) is 11.1. The summed E-state index contributed by atoms with van der Waals surface area (Å²) in [5, 5.41) is 8.65. The molecule has 0 saturated carbocycles. The van der Waals surface area contributed by atoms with Crippen molar-refractivity contribution < 1.29 is 19.4 Å². The van der Waals surface area contributed by atoms with E-state index >= 15 is 0 Å². The van der Waals surface area contributed by atoms with Crippen LogP contribution < -0.4 is 0 Å². The number of ketones is 1. The summed E-state index contributed by atoms with van der Waals surface area (Å²) in [5.41, 5.74) is 0.322. The first kappa shape index (κ1) is 12.4. The van der Waals surface area contributed by atoms with Crippen LogP contribution in [-0.4, -0.2) is 23.5 Å². The molecule has 0 saturated heterocycles. The van der Waals surface area contributed by atoms with Gasteiger partial charge in [0.25, 0.3) is 0 Å². The highest BCUT2D eigenvalue weighted by molar-refractivity contribution is 5.92. The van der Waals surface area contributed by atoms with Crippen molar-refractivity contribution in [2.24, 2.45) is 0 Å². The maximum atomic E-state index is 10.8. The van der Waals surface area contributed by atoms with Gasteiger partial charge in [-0.05, 0) is 13.3 Å². The van der Waals surface area contributed by atoms with Gasteiger partial charge in [-0.3, -0.25) is 4.79 Å². The van der Waals surface area contributed by atoms with Gasteiger partial charge in [-0.2, -0.15) is 0 Å². The monoisotopic (exact) mass is 198 g/mol. The molecule has 0 amide bonds. The number of aliphatic hydroxyl groups is 1. The molecule has 78 valence electrons. The minimum Gasteiger partial charge on any atom is -0.505 e. The minimum atomic E-state index is -0.472. The van der Waals surface area contributed by atoms with E-state index < -0.39 is 17.5 Å². The van der Waals surface area contributed by atoms with E-state index in [0.29, 0.717) is 12.0 Å². The third-order valence-corrected chi connectivity index (χ3v) is 1.45. The molecule has 0 heterocycles. The molecule has 0 bridgehead atoms. The number of aliphatic hydroxyl groups excluding tert-OH is 1. The Morgan fingerprint density at radius 3 is 2.36 bits per heavy atom. The molecule has 0 aromatic carbocycles. The standard InChI is InChI=1S/C10H14O4/c1-7(2)10(13)14-6-4-5-9(12)8(3)11/h11H,1,3-6H2,2H3. The summed E-state index contributed by atoms with van der Waals surface area (Å²) < 4.78 is 4.73. The molecule has 0 spiro atoms. The van der Waals surface area contributed by atoms with Gasteiger partial charge in [-0.25, -0.2) is 4.79 Å². The first-order chi connectivity index (χ1) is 6.45. The summed E-state index contributed by atoms with van der Waals surface area (Å²) >= 11 is 0. The van der Waals surface area contributed by atoms with Crippen LogP contribution in [-0.2, 0) is 14.3 Å². The zero-order valence-corrected chi connectivity index (χ0v) is 8.21. The average Bonchev–Trinajstić information content (AvgIpc) is 2.11. The van der Waals surface area contributed by atoms with Crippen molar-refractivity contribution in [3.63, 3.8) is 0 Å². The fourth-order valence-electron chi connectivity index (χ4n) is 0.665. The molecule has 0 atom stereocenters. The third kappa shape index (κ3) is 5.13. The van der Waals surface area contributed by atoms with E-state index in [4.69, 9.17) is 9.84 Å². The Hall–Kier alpha value is -1.58. The predicted molar refractivity (Wildman–Crippen MR) is 51.8 cm³/mol. The highest BCUT2D eigenvalue weighted by atomic mass is 16.5. The molecule has 0 aromatic heterocycles. The predicted octanol–water partition coefficient (Wildman–Crippen LogP) is 1.53. The molecule has 4 nitrogen and oxygen atoms in total. The second kappa shape index (κ2) is 5.96. The largest absolute Gasteiger partial charge is 0.505 e. The molecular formula is C10H14O4. The quantitative estimate of drug-likeness (QED) is 0.304. The number of carbonyl (C=O) groups is 2. The Balaban J connectivity index is 3.57. The van der Waals surface area contributed by atoms with Gasteiger partial charge in [-0.1, -0.05) is 13.2 Å². The molecule has 0 aromatic rings. The van der Waals surface area contributed by atoms with Crippen LogP contribution >= 0.6 is 0 Å². The molecule has 0 aliphatic heterocycles. The molecule has 0 rings (SSSR count). The van der Waals surface area contributed by atoms with Crippen LogP contribution in [0, 0.1) is 0 Å². The number of ether oxygens (including phenoxy) is 1. The lowest BCUT2D eigenvalue weighted by atomic mass is 10.2. The molecule has 0 radical (unpaired) electrons. The molecule has 0 aliphatic carbocycles. The van der Waals surface area contributed by atoms with E-state index in [1.165, 1.54) is 0 Å². The molecule has 4 heteroatoms. The van der Waals surface area contributed by atoms with Gasteiger partial charge in [-0.15, -0.1) is 0 Å². The third-order valence-electron chi connectivity index (χ3n) is 1.45. The molecule has 0 unspecified atom stereocenters. The lowest BCUT2D eigenvalue weighted by Crippen LogP contribution is -2.08. The Morgan fingerprint density at radius 2 is 1.93 bits per heavy atom. The van der Waals surface area contributed by atoms with Crippen LogP contribution in [0.3, 0.4) is 0 Å².